The van der Waals surface area contributed by atoms with Gasteiger partial charge in [-0.25, -0.2) is 13.8 Å². The SMILES string of the molecule is CC(C)CN(CC(O)c1ccc(F)cc1)C(=O)c1cc(F)cc2[nH]cnc12. The van der Waals surface area contributed by atoms with Crippen LogP contribution in [0.1, 0.15) is 35.9 Å². The molecular formula is C20H21F2N3O2. The minimum atomic E-state index is -0.989. The van der Waals surface area contributed by atoms with Crippen molar-refractivity contribution in [1.82, 2.24) is 14.9 Å². The number of rotatable bonds is 6. The van der Waals surface area contributed by atoms with Gasteiger partial charge >= 0.3 is 0 Å². The number of amides is 1. The first kappa shape index (κ1) is 19.0. The highest BCUT2D eigenvalue weighted by molar-refractivity contribution is 6.04. The number of fused-ring (bicyclic) bond motifs is 1. The lowest BCUT2D eigenvalue weighted by Gasteiger charge is -2.27. The predicted octanol–water partition coefficient (Wildman–Crippen LogP) is 3.67. The minimum Gasteiger partial charge on any atom is -0.387 e. The molecule has 0 saturated heterocycles. The van der Waals surface area contributed by atoms with E-state index in [0.29, 0.717) is 23.1 Å². The van der Waals surface area contributed by atoms with Crippen LogP contribution in [-0.2, 0) is 0 Å². The van der Waals surface area contributed by atoms with Gasteiger partial charge in [-0.1, -0.05) is 26.0 Å². The van der Waals surface area contributed by atoms with Crippen molar-refractivity contribution in [3.8, 4) is 0 Å². The van der Waals surface area contributed by atoms with E-state index >= 15 is 0 Å². The third kappa shape index (κ3) is 4.31. The minimum absolute atomic E-state index is 0.00503. The number of aromatic amines is 1. The van der Waals surface area contributed by atoms with Gasteiger partial charge in [0.25, 0.3) is 5.91 Å². The van der Waals surface area contributed by atoms with Crippen LogP contribution < -0.4 is 0 Å². The second kappa shape index (κ2) is 7.84. The quantitative estimate of drug-likeness (QED) is 0.693. The van der Waals surface area contributed by atoms with Gasteiger partial charge in [0.05, 0.1) is 30.1 Å². The van der Waals surface area contributed by atoms with E-state index in [2.05, 4.69) is 9.97 Å². The molecule has 2 aromatic carbocycles. The van der Waals surface area contributed by atoms with E-state index < -0.39 is 23.6 Å². The van der Waals surface area contributed by atoms with Crippen LogP contribution in [0.5, 0.6) is 0 Å². The van der Waals surface area contributed by atoms with Gasteiger partial charge < -0.3 is 15.0 Å². The molecular weight excluding hydrogens is 352 g/mol. The van der Waals surface area contributed by atoms with Crippen molar-refractivity contribution in [2.75, 3.05) is 13.1 Å². The van der Waals surface area contributed by atoms with Crippen LogP contribution in [0.2, 0.25) is 0 Å². The van der Waals surface area contributed by atoms with Crippen molar-refractivity contribution < 1.29 is 18.7 Å². The van der Waals surface area contributed by atoms with Crippen LogP contribution in [0, 0.1) is 17.6 Å². The smallest absolute Gasteiger partial charge is 0.256 e. The van der Waals surface area contributed by atoms with E-state index in [9.17, 15) is 18.7 Å². The number of halogens is 2. The molecule has 0 spiro atoms. The van der Waals surface area contributed by atoms with Crippen LogP contribution >= 0.6 is 0 Å². The average Bonchev–Trinajstić information content (AvgIpc) is 3.08. The molecule has 1 heterocycles. The third-order valence-electron chi connectivity index (χ3n) is 4.24. The van der Waals surface area contributed by atoms with E-state index in [-0.39, 0.29) is 18.0 Å². The van der Waals surface area contributed by atoms with Gasteiger partial charge in [0.15, 0.2) is 0 Å². The molecule has 27 heavy (non-hydrogen) atoms. The van der Waals surface area contributed by atoms with Crippen molar-refractivity contribution in [2.24, 2.45) is 5.92 Å². The Hall–Kier alpha value is -2.80. The molecule has 0 aliphatic rings. The summed E-state index contributed by atoms with van der Waals surface area (Å²) in [4.78, 5) is 21.5. The zero-order valence-electron chi connectivity index (χ0n) is 15.1. The lowest BCUT2D eigenvalue weighted by Crippen LogP contribution is -2.37. The fraction of sp³-hybridized carbons (Fsp3) is 0.300. The molecule has 0 fully saturated rings. The lowest BCUT2D eigenvalue weighted by molar-refractivity contribution is 0.0596. The predicted molar refractivity (Wildman–Crippen MR) is 98.2 cm³/mol. The van der Waals surface area contributed by atoms with E-state index in [0.717, 1.165) is 6.07 Å². The number of benzene rings is 2. The van der Waals surface area contributed by atoms with Crippen molar-refractivity contribution in [2.45, 2.75) is 20.0 Å². The van der Waals surface area contributed by atoms with Crippen LogP contribution in [0.15, 0.2) is 42.7 Å². The average molecular weight is 373 g/mol. The highest BCUT2D eigenvalue weighted by atomic mass is 19.1. The second-order valence-electron chi connectivity index (χ2n) is 6.92. The summed E-state index contributed by atoms with van der Waals surface area (Å²) in [6, 6.07) is 7.90. The van der Waals surface area contributed by atoms with Crippen molar-refractivity contribution in [3.63, 3.8) is 0 Å². The van der Waals surface area contributed by atoms with Gasteiger partial charge in [-0.15, -0.1) is 0 Å². The van der Waals surface area contributed by atoms with Gasteiger partial charge in [-0.2, -0.15) is 0 Å². The summed E-state index contributed by atoms with van der Waals surface area (Å²) in [6.07, 6.45) is 0.414. The Kier molecular flexibility index (Phi) is 5.51. The highest BCUT2D eigenvalue weighted by Gasteiger charge is 2.24. The Bertz CT molecular complexity index is 938. The topological polar surface area (TPSA) is 69.2 Å². The summed E-state index contributed by atoms with van der Waals surface area (Å²) in [6.45, 7) is 4.27. The molecule has 142 valence electrons. The molecule has 5 nitrogen and oxygen atoms in total. The van der Waals surface area contributed by atoms with E-state index in [1.165, 1.54) is 41.6 Å². The van der Waals surface area contributed by atoms with Crippen molar-refractivity contribution >= 4 is 16.9 Å². The maximum absolute atomic E-state index is 13.9. The summed E-state index contributed by atoms with van der Waals surface area (Å²) >= 11 is 0. The lowest BCUT2D eigenvalue weighted by atomic mass is 10.1. The molecule has 0 aliphatic heterocycles. The number of carbonyl (C=O) groups is 1. The number of aromatic nitrogens is 2. The second-order valence-corrected chi connectivity index (χ2v) is 6.92. The summed E-state index contributed by atoms with van der Waals surface area (Å²) in [5, 5.41) is 10.5. The first-order valence-electron chi connectivity index (χ1n) is 8.70. The molecule has 3 rings (SSSR count). The summed E-state index contributed by atoms with van der Waals surface area (Å²) in [5.74, 6) is -1.22. The first-order chi connectivity index (χ1) is 12.8. The van der Waals surface area contributed by atoms with Gasteiger partial charge in [0.1, 0.15) is 17.2 Å². The number of H-pyrrole nitrogens is 1. The fourth-order valence-corrected chi connectivity index (χ4v) is 3.03. The highest BCUT2D eigenvalue weighted by Crippen LogP contribution is 2.22. The zero-order valence-corrected chi connectivity index (χ0v) is 15.1. The molecule has 0 radical (unpaired) electrons. The Morgan fingerprint density at radius 3 is 2.52 bits per heavy atom. The van der Waals surface area contributed by atoms with Gasteiger partial charge in [-0.05, 0) is 35.7 Å². The van der Waals surface area contributed by atoms with Crippen molar-refractivity contribution in [3.05, 3.63) is 65.5 Å². The number of imidazole rings is 1. The molecule has 1 aromatic heterocycles. The Labute approximate surface area is 155 Å². The molecule has 7 heteroatoms. The molecule has 3 aromatic rings. The first-order valence-corrected chi connectivity index (χ1v) is 8.70. The van der Waals surface area contributed by atoms with Crippen LogP contribution in [0.3, 0.4) is 0 Å². The maximum Gasteiger partial charge on any atom is 0.256 e. The van der Waals surface area contributed by atoms with Crippen LogP contribution in [0.4, 0.5) is 8.78 Å². The Morgan fingerprint density at radius 1 is 1.15 bits per heavy atom. The van der Waals surface area contributed by atoms with Gasteiger partial charge in [0.2, 0.25) is 0 Å². The summed E-state index contributed by atoms with van der Waals surface area (Å²) in [5.41, 5.74) is 1.45. The van der Waals surface area contributed by atoms with Gasteiger partial charge in [-0.3, -0.25) is 4.79 Å². The molecule has 1 amide bonds. The van der Waals surface area contributed by atoms with E-state index in [1.807, 2.05) is 13.8 Å². The monoisotopic (exact) mass is 373 g/mol. The number of aliphatic hydroxyl groups excluding tert-OH is 1. The molecule has 0 saturated carbocycles. The molecule has 0 bridgehead atoms. The normalized spacial score (nSPS) is 12.5. The number of hydrogen-bond acceptors (Lipinski definition) is 3. The summed E-state index contributed by atoms with van der Waals surface area (Å²) in [7, 11) is 0. The zero-order chi connectivity index (χ0) is 19.6. The standard InChI is InChI=1S/C20H21F2N3O2/c1-12(2)9-25(10-18(26)13-3-5-14(21)6-4-13)20(27)16-7-15(22)8-17-19(16)24-11-23-17/h3-8,11-12,18,26H,9-10H2,1-2H3,(H,23,24). The largest absolute Gasteiger partial charge is 0.387 e. The summed E-state index contributed by atoms with van der Waals surface area (Å²) < 4.78 is 27.0. The Balaban J connectivity index is 1.90. The van der Waals surface area contributed by atoms with Gasteiger partial charge in [0, 0.05) is 6.54 Å². The number of aliphatic hydroxyl groups is 1. The molecule has 0 aliphatic carbocycles. The number of nitrogens with one attached hydrogen (secondary N) is 1. The van der Waals surface area contributed by atoms with Crippen LogP contribution in [-0.4, -0.2) is 39.0 Å². The van der Waals surface area contributed by atoms with E-state index in [4.69, 9.17) is 0 Å². The Morgan fingerprint density at radius 2 is 1.85 bits per heavy atom. The number of hydrogen-bond donors (Lipinski definition) is 2. The van der Waals surface area contributed by atoms with Crippen molar-refractivity contribution in [1.29, 1.82) is 0 Å². The molecule has 2 N–H and O–H groups in total. The van der Waals surface area contributed by atoms with E-state index in [1.54, 1.807) is 0 Å². The third-order valence-corrected chi connectivity index (χ3v) is 4.24. The maximum atomic E-state index is 13.9. The fourth-order valence-electron chi connectivity index (χ4n) is 3.03. The molecule has 1 unspecified atom stereocenters. The molecule has 1 atom stereocenters. The number of nitrogens with zero attached hydrogens (tertiary/aromatic N) is 2. The number of carbonyl (C=O) groups excluding carboxylic acids is 1. The van der Waals surface area contributed by atoms with Crippen LogP contribution in [0.25, 0.3) is 11.0 Å².